The number of piperidine rings is 1. The summed E-state index contributed by atoms with van der Waals surface area (Å²) >= 11 is 0. The molecule has 2 aromatic heterocycles. The van der Waals surface area contributed by atoms with Gasteiger partial charge in [0.15, 0.2) is 0 Å². The molecule has 1 amide bonds. The molecule has 0 bridgehead atoms. The second kappa shape index (κ2) is 8.43. The third-order valence-electron chi connectivity index (χ3n) is 5.22. The summed E-state index contributed by atoms with van der Waals surface area (Å²) in [7, 11) is 0. The fourth-order valence-corrected chi connectivity index (χ4v) is 3.71. The van der Waals surface area contributed by atoms with E-state index in [0.29, 0.717) is 13.0 Å². The lowest BCUT2D eigenvalue weighted by Gasteiger charge is -2.33. The zero-order valence-electron chi connectivity index (χ0n) is 15.4. The number of aryl methyl sites for hydroxylation is 1. The minimum absolute atomic E-state index is 0.164. The van der Waals surface area contributed by atoms with Crippen LogP contribution in [0.1, 0.15) is 30.9 Å². The second-order valence-corrected chi connectivity index (χ2v) is 6.99. The van der Waals surface area contributed by atoms with Crippen LogP contribution in [0.5, 0.6) is 0 Å². The molecule has 0 aliphatic carbocycles. The van der Waals surface area contributed by atoms with Crippen LogP contribution >= 0.6 is 0 Å². The minimum atomic E-state index is 0.164. The molecule has 2 aliphatic rings. The first-order valence-corrected chi connectivity index (χ1v) is 9.54. The molecule has 27 heavy (non-hydrogen) atoms. The van der Waals surface area contributed by atoms with Crippen molar-refractivity contribution in [3.63, 3.8) is 0 Å². The first kappa shape index (κ1) is 17.8. The maximum Gasteiger partial charge on any atom is 0.224 e. The summed E-state index contributed by atoms with van der Waals surface area (Å²) in [5.74, 6) is 1.38. The van der Waals surface area contributed by atoms with Crippen LogP contribution in [0.15, 0.2) is 25.0 Å². The standard InChI is InChI=1S/C18H25N7O2/c26-18(3-5-25-14-19-12-22-25)24-4-1-2-15(11-24)16-10-17(21-13-20-16)23-6-8-27-9-7-23/h10,12-15H,1-9,11H2/t15-/m0/s1. The van der Waals surface area contributed by atoms with Gasteiger partial charge < -0.3 is 14.5 Å². The smallest absolute Gasteiger partial charge is 0.224 e. The van der Waals surface area contributed by atoms with Gasteiger partial charge in [-0.3, -0.25) is 9.48 Å². The van der Waals surface area contributed by atoms with Gasteiger partial charge in [-0.15, -0.1) is 0 Å². The minimum Gasteiger partial charge on any atom is -0.378 e. The molecular formula is C18H25N7O2. The van der Waals surface area contributed by atoms with E-state index in [-0.39, 0.29) is 11.8 Å². The molecule has 0 radical (unpaired) electrons. The van der Waals surface area contributed by atoms with Gasteiger partial charge >= 0.3 is 0 Å². The number of nitrogens with zero attached hydrogens (tertiary/aromatic N) is 7. The molecule has 2 saturated heterocycles. The molecule has 2 aromatic rings. The van der Waals surface area contributed by atoms with E-state index in [1.807, 2.05) is 4.90 Å². The SMILES string of the molecule is O=C(CCn1cncn1)N1CCC[C@H](c2cc(N3CCOCC3)ncn2)C1. The number of anilines is 1. The van der Waals surface area contributed by atoms with Gasteiger partial charge in [0.1, 0.15) is 24.8 Å². The lowest BCUT2D eigenvalue weighted by Crippen LogP contribution is -2.40. The first-order valence-electron chi connectivity index (χ1n) is 9.54. The summed E-state index contributed by atoms with van der Waals surface area (Å²) < 4.78 is 7.11. The molecule has 4 rings (SSSR count). The van der Waals surface area contributed by atoms with Crippen LogP contribution in [-0.2, 0) is 16.1 Å². The lowest BCUT2D eigenvalue weighted by atomic mass is 9.94. The molecule has 0 saturated carbocycles. The topological polar surface area (TPSA) is 89.3 Å². The molecule has 2 aliphatic heterocycles. The third kappa shape index (κ3) is 4.41. The number of hydrogen-bond donors (Lipinski definition) is 0. The summed E-state index contributed by atoms with van der Waals surface area (Å²) in [5.41, 5.74) is 1.03. The van der Waals surface area contributed by atoms with Crippen molar-refractivity contribution in [2.24, 2.45) is 0 Å². The molecule has 2 fully saturated rings. The van der Waals surface area contributed by atoms with E-state index < -0.39 is 0 Å². The molecule has 144 valence electrons. The Labute approximate surface area is 158 Å². The fourth-order valence-electron chi connectivity index (χ4n) is 3.71. The van der Waals surface area contributed by atoms with Gasteiger partial charge in [-0.05, 0) is 12.8 Å². The van der Waals surface area contributed by atoms with Crippen molar-refractivity contribution < 1.29 is 9.53 Å². The summed E-state index contributed by atoms with van der Waals surface area (Å²) in [6.07, 6.45) is 7.26. The van der Waals surface area contributed by atoms with E-state index in [4.69, 9.17) is 4.74 Å². The fraction of sp³-hybridized carbons (Fsp3) is 0.611. The second-order valence-electron chi connectivity index (χ2n) is 6.99. The van der Waals surface area contributed by atoms with Crippen molar-refractivity contribution in [1.29, 1.82) is 0 Å². The van der Waals surface area contributed by atoms with Gasteiger partial charge in [-0.2, -0.15) is 5.10 Å². The van der Waals surface area contributed by atoms with Crippen LogP contribution in [0.2, 0.25) is 0 Å². The normalized spacial score (nSPS) is 20.7. The van der Waals surface area contributed by atoms with Crippen LogP contribution in [0.25, 0.3) is 0 Å². The Hall–Kier alpha value is -2.55. The highest BCUT2D eigenvalue weighted by atomic mass is 16.5. The molecule has 9 heteroatoms. The Bertz CT molecular complexity index is 746. The molecule has 1 atom stereocenters. The zero-order valence-corrected chi connectivity index (χ0v) is 15.4. The van der Waals surface area contributed by atoms with E-state index in [2.05, 4.69) is 31.0 Å². The number of likely N-dealkylation sites (tertiary alicyclic amines) is 1. The summed E-state index contributed by atoms with van der Waals surface area (Å²) in [6, 6.07) is 2.08. The highest BCUT2D eigenvalue weighted by Gasteiger charge is 2.26. The van der Waals surface area contributed by atoms with Crippen LogP contribution in [0.3, 0.4) is 0 Å². The predicted molar refractivity (Wildman–Crippen MR) is 98.3 cm³/mol. The number of ether oxygens (including phenoxy) is 1. The summed E-state index contributed by atoms with van der Waals surface area (Å²) in [5, 5.41) is 4.05. The molecule has 0 aromatic carbocycles. The van der Waals surface area contributed by atoms with Crippen LogP contribution in [0.4, 0.5) is 5.82 Å². The van der Waals surface area contributed by atoms with Crippen molar-refractivity contribution in [3.8, 4) is 0 Å². The number of carbonyl (C=O) groups excluding carboxylic acids is 1. The van der Waals surface area contributed by atoms with Crippen molar-refractivity contribution in [2.75, 3.05) is 44.3 Å². The number of hydrogen-bond acceptors (Lipinski definition) is 7. The summed E-state index contributed by atoms with van der Waals surface area (Å²) in [4.78, 5) is 29.6. The highest BCUT2D eigenvalue weighted by molar-refractivity contribution is 5.76. The Morgan fingerprint density at radius 3 is 2.89 bits per heavy atom. The molecule has 4 heterocycles. The Balaban J connectivity index is 1.38. The Kier molecular flexibility index (Phi) is 5.57. The maximum absolute atomic E-state index is 12.6. The average Bonchev–Trinajstić information content (AvgIpc) is 3.26. The van der Waals surface area contributed by atoms with Crippen molar-refractivity contribution >= 4 is 11.7 Å². The van der Waals surface area contributed by atoms with Gasteiger partial charge in [0.2, 0.25) is 5.91 Å². The highest BCUT2D eigenvalue weighted by Crippen LogP contribution is 2.27. The maximum atomic E-state index is 12.6. The molecule has 0 N–H and O–H groups in total. The van der Waals surface area contributed by atoms with Gasteiger partial charge in [-0.1, -0.05) is 0 Å². The largest absolute Gasteiger partial charge is 0.378 e. The predicted octanol–water partition coefficient (Wildman–Crippen LogP) is 0.701. The van der Waals surface area contributed by atoms with Crippen LogP contribution in [0, 0.1) is 0 Å². The Morgan fingerprint density at radius 1 is 1.19 bits per heavy atom. The zero-order chi connectivity index (χ0) is 18.5. The van der Waals surface area contributed by atoms with Crippen molar-refractivity contribution in [3.05, 3.63) is 30.7 Å². The molecule has 9 nitrogen and oxygen atoms in total. The molecular weight excluding hydrogens is 346 g/mol. The van der Waals surface area contributed by atoms with E-state index in [1.54, 1.807) is 17.3 Å². The Morgan fingerprint density at radius 2 is 2.07 bits per heavy atom. The van der Waals surface area contributed by atoms with Gasteiger partial charge in [-0.25, -0.2) is 15.0 Å². The molecule has 0 spiro atoms. The van der Waals surface area contributed by atoms with Crippen molar-refractivity contribution in [1.82, 2.24) is 29.6 Å². The number of rotatable bonds is 5. The van der Waals surface area contributed by atoms with Gasteiger partial charge in [0.25, 0.3) is 0 Å². The van der Waals surface area contributed by atoms with E-state index in [0.717, 1.165) is 63.7 Å². The van der Waals surface area contributed by atoms with Crippen LogP contribution in [-0.4, -0.2) is 74.9 Å². The first-order chi connectivity index (χ1) is 13.3. The number of amides is 1. The third-order valence-corrected chi connectivity index (χ3v) is 5.22. The monoisotopic (exact) mass is 371 g/mol. The molecule has 0 unspecified atom stereocenters. The van der Waals surface area contributed by atoms with E-state index >= 15 is 0 Å². The quantitative estimate of drug-likeness (QED) is 0.764. The van der Waals surface area contributed by atoms with E-state index in [1.165, 1.54) is 6.33 Å². The summed E-state index contributed by atoms with van der Waals surface area (Å²) in [6.45, 7) is 5.27. The van der Waals surface area contributed by atoms with Gasteiger partial charge in [0, 0.05) is 44.6 Å². The lowest BCUT2D eigenvalue weighted by molar-refractivity contribution is -0.132. The van der Waals surface area contributed by atoms with Crippen LogP contribution < -0.4 is 4.90 Å². The number of carbonyl (C=O) groups is 1. The number of morpholine rings is 1. The van der Waals surface area contributed by atoms with Crippen molar-refractivity contribution in [2.45, 2.75) is 31.7 Å². The van der Waals surface area contributed by atoms with Gasteiger partial charge in [0.05, 0.1) is 25.5 Å². The van der Waals surface area contributed by atoms with E-state index in [9.17, 15) is 4.79 Å². The average molecular weight is 371 g/mol. The number of aromatic nitrogens is 5.